The van der Waals surface area contributed by atoms with Crippen LogP contribution in [-0.4, -0.2) is 11.3 Å². The third-order valence-electron chi connectivity index (χ3n) is 7.75. The Morgan fingerprint density at radius 1 is 0.565 bits per heavy atom. The van der Waals surface area contributed by atoms with E-state index in [1.807, 2.05) is 24.3 Å². The number of aliphatic imine (C=N–C) groups is 1. The second kappa shape index (κ2) is 15.5. The number of phenols is 1. The molecule has 0 fully saturated rings. The molecule has 1 N–H and O–H groups in total. The molecule has 0 saturated heterocycles. The fourth-order valence-electron chi connectivity index (χ4n) is 5.80. The van der Waals surface area contributed by atoms with Gasteiger partial charge in [-0.2, -0.15) is 0 Å². The third-order valence-corrected chi connectivity index (χ3v) is 10.5. The zero-order valence-electron chi connectivity index (χ0n) is 24.6. The molecule has 7 heteroatoms. The number of benzene rings is 7. The van der Waals surface area contributed by atoms with Crippen LogP contribution in [0.5, 0.6) is 5.75 Å². The summed E-state index contributed by atoms with van der Waals surface area (Å²) in [6.45, 7) is 0. The van der Waals surface area contributed by atoms with Gasteiger partial charge in [-0.15, -0.1) is 0 Å². The summed E-state index contributed by atoms with van der Waals surface area (Å²) < 4.78 is 0. The van der Waals surface area contributed by atoms with Crippen molar-refractivity contribution in [3.63, 3.8) is 0 Å². The summed E-state index contributed by atoms with van der Waals surface area (Å²) in [5.74, 6) is 0.233. The van der Waals surface area contributed by atoms with Gasteiger partial charge in [0.2, 0.25) is 0 Å². The number of phenolic OH excluding ortho intramolecular Hbond substituents is 1. The summed E-state index contributed by atoms with van der Waals surface area (Å²) in [7, 11) is 13.7. The molecule has 46 heavy (non-hydrogen) atoms. The van der Waals surface area contributed by atoms with E-state index in [9.17, 15) is 5.11 Å². The first kappa shape index (κ1) is 32.6. The average Bonchev–Trinajstić information content (AvgIpc) is 3.08. The molecule has 7 rings (SSSR count). The quantitative estimate of drug-likeness (QED) is 0.102. The van der Waals surface area contributed by atoms with E-state index in [1.165, 1.54) is 15.9 Å². The topological polar surface area (TPSA) is 32.6 Å². The Hall–Kier alpha value is -3.29. The molecule has 7 aromatic carbocycles. The minimum absolute atomic E-state index is 0.233. The summed E-state index contributed by atoms with van der Waals surface area (Å²) in [6, 6.07) is 54.7. The standard InChI is InChI=1S/C39H28NOP.3ClH.Zr/c41-39-30(16-13-23-35(39)38-33-21-9-7-14-28(33)26-29-15-8-10-22-34(29)38)27-40-36-24-11-12-25-37(36)42(31-17-3-1-4-18-31)32-19-5-2-6-20-32;;;;/h1-27,41H;3*1H;/q;;;;+3/p-2. The van der Waals surface area contributed by atoms with Crippen LogP contribution in [0.2, 0.25) is 0 Å². The van der Waals surface area contributed by atoms with Crippen LogP contribution in [-0.2, 0) is 18.2 Å². The molecular weight excluding hydrogens is 727 g/mol. The molecule has 225 valence electrons. The molecule has 2 nitrogen and oxygen atoms in total. The van der Waals surface area contributed by atoms with Crippen molar-refractivity contribution < 1.29 is 23.3 Å². The predicted molar refractivity (Wildman–Crippen MR) is 200 cm³/mol. The average molecular weight is 756 g/mol. The number of hydrogen-bond donors (Lipinski definition) is 1. The van der Waals surface area contributed by atoms with E-state index in [2.05, 4.69) is 133 Å². The summed E-state index contributed by atoms with van der Waals surface area (Å²) in [5, 5.41) is 20.0. The van der Waals surface area contributed by atoms with Crippen molar-refractivity contribution in [2.75, 3.05) is 0 Å². The molecule has 0 bridgehead atoms. The van der Waals surface area contributed by atoms with Gasteiger partial charge in [-0.25, -0.2) is 0 Å². The molecule has 0 amide bonds. The van der Waals surface area contributed by atoms with E-state index in [4.69, 9.17) is 30.5 Å². The van der Waals surface area contributed by atoms with Crippen LogP contribution in [0.1, 0.15) is 5.56 Å². The second-order valence-electron chi connectivity index (χ2n) is 10.5. The number of nitrogens with zero attached hydrogens (tertiary/aromatic N) is 1. The van der Waals surface area contributed by atoms with Gasteiger partial charge in [0.1, 0.15) is 35.3 Å². The normalized spacial score (nSPS) is 11.1. The first-order valence-corrected chi connectivity index (χ1v) is 25.7. The fraction of sp³-hybridized carbons (Fsp3) is 0. The number of hydrogen-bond acceptors (Lipinski definition) is 2. The summed E-state index contributed by atoms with van der Waals surface area (Å²) >= 11 is -2.13. The first-order valence-electron chi connectivity index (χ1n) is 14.7. The van der Waals surface area contributed by atoms with Gasteiger partial charge < -0.3 is 5.11 Å². The third kappa shape index (κ3) is 7.47. The maximum atomic E-state index is 11.7. The zero-order valence-corrected chi connectivity index (χ0v) is 30.3. The van der Waals surface area contributed by atoms with Gasteiger partial charge >= 0.3 is 43.7 Å². The number of para-hydroxylation sites is 2. The minimum atomic E-state index is -2.13. The molecule has 0 heterocycles. The molecule has 0 saturated carbocycles. The van der Waals surface area contributed by atoms with Crippen LogP contribution in [0, 0.1) is 0 Å². The number of fused-ring (bicyclic) bond motifs is 2. The maximum absolute atomic E-state index is 11.7. The van der Waals surface area contributed by atoms with Crippen molar-refractivity contribution in [3.8, 4) is 16.9 Å². The molecule has 0 unspecified atom stereocenters. The Morgan fingerprint density at radius 3 is 1.65 bits per heavy atom. The van der Waals surface area contributed by atoms with E-state index >= 15 is 0 Å². The number of halogens is 3. The van der Waals surface area contributed by atoms with E-state index in [-0.39, 0.29) is 5.75 Å². The van der Waals surface area contributed by atoms with Gasteiger partial charge in [0, 0.05) is 22.9 Å². The molecular formula is C39H29Cl3NOPZr+. The fourth-order valence-corrected chi connectivity index (χ4v) is 8.47. The summed E-state index contributed by atoms with van der Waals surface area (Å²) in [6.07, 6.45) is 1.81. The van der Waals surface area contributed by atoms with Crippen molar-refractivity contribution in [3.05, 3.63) is 163 Å². The van der Waals surface area contributed by atoms with Crippen LogP contribution < -0.4 is 15.9 Å². The zero-order chi connectivity index (χ0) is 31.9. The Balaban J connectivity index is 0.000000879. The SMILES string of the molecule is Oc1c(C=Nc2ccccc2[PH+](c2ccccc2)c2ccccc2)cccc1-c1c2ccccc2cc2ccccc12.[Cl][Zr]([Cl])[Cl]. The van der Waals surface area contributed by atoms with Crippen molar-refractivity contribution in [2.24, 2.45) is 4.99 Å². The molecule has 0 radical (unpaired) electrons. The van der Waals surface area contributed by atoms with E-state index in [1.54, 1.807) is 6.21 Å². The van der Waals surface area contributed by atoms with Crippen LogP contribution in [0.25, 0.3) is 32.7 Å². The molecule has 0 spiro atoms. The van der Waals surface area contributed by atoms with Crippen molar-refractivity contribution in [1.29, 1.82) is 0 Å². The van der Waals surface area contributed by atoms with Crippen molar-refractivity contribution in [2.45, 2.75) is 0 Å². The number of aromatic hydroxyl groups is 1. The van der Waals surface area contributed by atoms with Crippen LogP contribution >= 0.6 is 33.5 Å². The second-order valence-corrected chi connectivity index (χ2v) is 24.2. The Morgan fingerprint density at radius 2 is 1.07 bits per heavy atom. The summed E-state index contributed by atoms with van der Waals surface area (Å²) in [5.41, 5.74) is 3.45. The molecule has 0 aliphatic heterocycles. The van der Waals surface area contributed by atoms with Gasteiger partial charge in [0.25, 0.3) is 0 Å². The molecule has 0 atom stereocenters. The predicted octanol–water partition coefficient (Wildman–Crippen LogP) is 10.7. The summed E-state index contributed by atoms with van der Waals surface area (Å²) in [4.78, 5) is 5.01. The molecule has 7 aromatic rings. The van der Waals surface area contributed by atoms with E-state index in [0.717, 1.165) is 38.4 Å². The monoisotopic (exact) mass is 753 g/mol. The van der Waals surface area contributed by atoms with Gasteiger partial charge in [-0.1, -0.05) is 109 Å². The van der Waals surface area contributed by atoms with Crippen LogP contribution in [0.4, 0.5) is 5.69 Å². The van der Waals surface area contributed by atoms with Crippen LogP contribution in [0.3, 0.4) is 0 Å². The van der Waals surface area contributed by atoms with Gasteiger partial charge in [-0.3, -0.25) is 4.99 Å². The van der Waals surface area contributed by atoms with E-state index in [0.29, 0.717) is 5.56 Å². The van der Waals surface area contributed by atoms with Crippen molar-refractivity contribution >= 4 is 82.8 Å². The Kier molecular flexibility index (Phi) is 11.0. The van der Waals surface area contributed by atoms with E-state index < -0.39 is 26.1 Å². The Labute approximate surface area is 289 Å². The van der Waals surface area contributed by atoms with Gasteiger partial charge in [0.15, 0.2) is 0 Å². The first-order chi connectivity index (χ1) is 22.5. The van der Waals surface area contributed by atoms with Gasteiger partial charge in [0.05, 0.1) is 0 Å². The molecule has 0 aromatic heterocycles. The molecule has 0 aliphatic rings. The number of rotatable bonds is 6. The Bertz CT molecular complexity index is 2030. The van der Waals surface area contributed by atoms with Crippen molar-refractivity contribution in [1.82, 2.24) is 0 Å². The van der Waals surface area contributed by atoms with Gasteiger partial charge in [-0.05, 0) is 70.1 Å². The molecule has 0 aliphatic carbocycles. The van der Waals surface area contributed by atoms with Crippen LogP contribution in [0.15, 0.2) is 163 Å².